The van der Waals surface area contributed by atoms with Crippen LogP contribution in [-0.4, -0.2) is 53.7 Å². The zero-order valence-corrected chi connectivity index (χ0v) is 18.4. The maximum Gasteiger partial charge on any atom is 0.348 e. The minimum Gasteiger partial charge on any atom is -0.463 e. The highest BCUT2D eigenvalue weighted by Crippen LogP contribution is 2.31. The van der Waals surface area contributed by atoms with Gasteiger partial charge in [0.15, 0.2) is 6.10 Å². The van der Waals surface area contributed by atoms with Crippen molar-refractivity contribution in [2.45, 2.75) is 53.8 Å². The Labute approximate surface area is 175 Å². The Balaban J connectivity index is 0.000000448. The van der Waals surface area contributed by atoms with Crippen molar-refractivity contribution in [2.75, 3.05) is 13.2 Å². The van der Waals surface area contributed by atoms with E-state index in [1.165, 1.54) is 6.92 Å². The third-order valence-corrected chi connectivity index (χ3v) is 4.29. The summed E-state index contributed by atoms with van der Waals surface area (Å²) in [6.07, 6.45) is -1.75. The van der Waals surface area contributed by atoms with Crippen LogP contribution in [0, 0.1) is 10.8 Å². The van der Waals surface area contributed by atoms with Crippen LogP contribution in [0.3, 0.4) is 0 Å². The van der Waals surface area contributed by atoms with Gasteiger partial charge in [-0.1, -0.05) is 40.9 Å². The van der Waals surface area contributed by atoms with E-state index in [1.54, 1.807) is 20.8 Å². The van der Waals surface area contributed by atoms with Crippen LogP contribution in [0.1, 0.15) is 41.5 Å². The van der Waals surface area contributed by atoms with Gasteiger partial charge in [-0.3, -0.25) is 4.79 Å². The van der Waals surface area contributed by atoms with Gasteiger partial charge in [-0.25, -0.2) is 14.4 Å². The van der Waals surface area contributed by atoms with E-state index in [0.29, 0.717) is 12.2 Å². The zero-order valence-electron chi connectivity index (χ0n) is 17.7. The van der Waals surface area contributed by atoms with Gasteiger partial charge in [0.05, 0.1) is 6.61 Å². The SMILES string of the molecule is C=C(C)C(=O)Cl.C=C(C)C(=O)OC1C(=O)OCC1(C)C.CC1(C)COC(=O)C1O. The molecular formula is C20H29ClO8. The lowest BCUT2D eigenvalue weighted by Crippen LogP contribution is -2.35. The number of rotatable bonds is 3. The van der Waals surface area contributed by atoms with Crippen LogP contribution >= 0.6 is 11.6 Å². The normalized spacial score (nSPS) is 23.3. The number of carbonyl (C=O) groups is 4. The van der Waals surface area contributed by atoms with Crippen LogP contribution in [0.25, 0.3) is 0 Å². The van der Waals surface area contributed by atoms with Gasteiger partial charge in [0.1, 0.15) is 6.61 Å². The molecule has 2 fully saturated rings. The molecular weight excluding hydrogens is 404 g/mol. The summed E-state index contributed by atoms with van der Waals surface area (Å²) in [4.78, 5) is 42.7. The Bertz CT molecular complexity index is 681. The number of carbonyl (C=O) groups excluding carboxylic acids is 4. The van der Waals surface area contributed by atoms with Gasteiger partial charge in [0, 0.05) is 22.0 Å². The molecule has 164 valence electrons. The monoisotopic (exact) mass is 432 g/mol. The number of allylic oxidation sites excluding steroid dienone is 1. The molecule has 8 nitrogen and oxygen atoms in total. The molecule has 2 aliphatic rings. The molecule has 0 radical (unpaired) electrons. The summed E-state index contributed by atoms with van der Waals surface area (Å²) in [5.74, 6) is -1.54. The zero-order chi connectivity index (χ0) is 23.2. The molecule has 0 spiro atoms. The van der Waals surface area contributed by atoms with Crippen LogP contribution in [0.15, 0.2) is 24.3 Å². The maximum absolute atomic E-state index is 11.2. The summed E-state index contributed by atoms with van der Waals surface area (Å²) < 4.78 is 14.4. The standard InChI is InChI=1S/C10H14O4.C6H10O3.C4H5ClO/c1-6(2)8(11)14-7-9(12)13-5-10(7,3)4;1-6(2)3-9-5(8)4(6)7;1-3(2)4(5)6/h7H,1,5H2,2-4H3;4,7H,3H2,1-2H3;1H2,2H3. The topological polar surface area (TPSA) is 116 Å². The van der Waals surface area contributed by atoms with Gasteiger partial charge in [-0.15, -0.1) is 0 Å². The summed E-state index contributed by atoms with van der Waals surface area (Å²) in [5, 5.41) is 8.59. The fraction of sp³-hybridized carbons (Fsp3) is 0.600. The molecule has 0 aromatic rings. The highest BCUT2D eigenvalue weighted by Gasteiger charge is 2.46. The van der Waals surface area contributed by atoms with Crippen molar-refractivity contribution in [3.63, 3.8) is 0 Å². The Morgan fingerprint density at radius 2 is 1.41 bits per heavy atom. The molecule has 9 heteroatoms. The highest BCUT2D eigenvalue weighted by molar-refractivity contribution is 6.67. The average molecular weight is 433 g/mol. The van der Waals surface area contributed by atoms with Crippen molar-refractivity contribution in [3.8, 4) is 0 Å². The quantitative estimate of drug-likeness (QED) is 0.312. The van der Waals surface area contributed by atoms with E-state index in [4.69, 9.17) is 26.2 Å². The molecule has 0 bridgehead atoms. The van der Waals surface area contributed by atoms with Crippen LogP contribution in [0.2, 0.25) is 0 Å². The van der Waals surface area contributed by atoms with E-state index < -0.39 is 46.2 Å². The van der Waals surface area contributed by atoms with E-state index >= 15 is 0 Å². The predicted octanol–water partition coefficient (Wildman–Crippen LogP) is 2.32. The van der Waals surface area contributed by atoms with Crippen molar-refractivity contribution in [2.24, 2.45) is 10.8 Å². The summed E-state index contributed by atoms with van der Waals surface area (Å²) in [7, 11) is 0. The molecule has 0 saturated carbocycles. The predicted molar refractivity (Wildman–Crippen MR) is 106 cm³/mol. The lowest BCUT2D eigenvalue weighted by Gasteiger charge is -2.21. The molecule has 2 unspecified atom stereocenters. The molecule has 0 aliphatic carbocycles. The van der Waals surface area contributed by atoms with Crippen molar-refractivity contribution in [3.05, 3.63) is 24.3 Å². The number of hydrogen-bond acceptors (Lipinski definition) is 8. The molecule has 0 aromatic carbocycles. The molecule has 2 atom stereocenters. The van der Waals surface area contributed by atoms with Gasteiger partial charge in [0.25, 0.3) is 0 Å². The Hall–Kier alpha value is -2.19. The molecule has 2 rings (SSSR count). The van der Waals surface area contributed by atoms with Crippen molar-refractivity contribution >= 4 is 34.8 Å². The fourth-order valence-electron chi connectivity index (χ4n) is 1.88. The van der Waals surface area contributed by atoms with E-state index in [9.17, 15) is 19.2 Å². The smallest absolute Gasteiger partial charge is 0.348 e. The number of hydrogen-bond donors (Lipinski definition) is 1. The molecule has 29 heavy (non-hydrogen) atoms. The van der Waals surface area contributed by atoms with E-state index in [2.05, 4.69) is 17.9 Å². The summed E-state index contributed by atoms with van der Waals surface area (Å²) in [5.41, 5.74) is -0.184. The van der Waals surface area contributed by atoms with Gasteiger partial charge in [-0.05, 0) is 25.4 Å². The summed E-state index contributed by atoms with van der Waals surface area (Å²) in [6.45, 7) is 17.6. The van der Waals surface area contributed by atoms with Crippen LogP contribution < -0.4 is 0 Å². The molecule has 0 aromatic heterocycles. The Morgan fingerprint density at radius 1 is 1.00 bits per heavy atom. The minimum absolute atomic E-state index is 0.278. The van der Waals surface area contributed by atoms with Crippen molar-refractivity contribution < 1.29 is 38.5 Å². The number of aliphatic hydroxyl groups is 1. The Morgan fingerprint density at radius 3 is 1.62 bits per heavy atom. The van der Waals surface area contributed by atoms with E-state index in [-0.39, 0.29) is 12.2 Å². The molecule has 2 saturated heterocycles. The molecule has 2 heterocycles. The second-order valence-corrected chi connectivity index (χ2v) is 8.56. The largest absolute Gasteiger partial charge is 0.463 e. The van der Waals surface area contributed by atoms with Crippen LogP contribution in [0.5, 0.6) is 0 Å². The lowest BCUT2D eigenvalue weighted by molar-refractivity contribution is -0.160. The summed E-state index contributed by atoms with van der Waals surface area (Å²) >= 11 is 4.87. The van der Waals surface area contributed by atoms with Gasteiger partial charge in [0.2, 0.25) is 11.3 Å². The second-order valence-electron chi connectivity index (χ2n) is 8.21. The Kier molecular flexibility index (Phi) is 9.75. The van der Waals surface area contributed by atoms with Gasteiger partial charge in [-0.2, -0.15) is 0 Å². The maximum atomic E-state index is 11.2. The lowest BCUT2D eigenvalue weighted by atomic mass is 9.90. The number of aliphatic hydroxyl groups excluding tert-OH is 1. The molecule has 1 N–H and O–H groups in total. The highest BCUT2D eigenvalue weighted by atomic mass is 35.5. The van der Waals surface area contributed by atoms with Crippen molar-refractivity contribution in [1.82, 2.24) is 0 Å². The average Bonchev–Trinajstić information content (AvgIpc) is 2.99. The first kappa shape index (κ1) is 26.8. The van der Waals surface area contributed by atoms with Crippen LogP contribution in [-0.2, 0) is 33.4 Å². The summed E-state index contributed by atoms with van der Waals surface area (Å²) in [6, 6.07) is 0. The first-order valence-corrected chi connectivity index (χ1v) is 9.14. The minimum atomic E-state index is -0.933. The third-order valence-electron chi connectivity index (χ3n) is 3.97. The molecule has 0 amide bonds. The van der Waals surface area contributed by atoms with Crippen LogP contribution in [0.4, 0.5) is 0 Å². The number of ether oxygens (including phenoxy) is 3. The fourth-order valence-corrected chi connectivity index (χ4v) is 1.88. The van der Waals surface area contributed by atoms with Crippen molar-refractivity contribution in [1.29, 1.82) is 0 Å². The second kappa shape index (κ2) is 10.5. The van der Waals surface area contributed by atoms with Gasteiger partial charge >= 0.3 is 17.9 Å². The number of cyclic esters (lactones) is 2. The molecule has 2 aliphatic heterocycles. The number of halogens is 1. The van der Waals surface area contributed by atoms with E-state index in [0.717, 1.165) is 0 Å². The first-order chi connectivity index (χ1) is 13.0. The third kappa shape index (κ3) is 8.37. The number of esters is 3. The van der Waals surface area contributed by atoms with Gasteiger partial charge < -0.3 is 19.3 Å². The van der Waals surface area contributed by atoms with E-state index in [1.807, 2.05) is 13.8 Å². The first-order valence-electron chi connectivity index (χ1n) is 8.76.